The number of thiazole rings is 1. The van der Waals surface area contributed by atoms with Gasteiger partial charge in [0.15, 0.2) is 5.13 Å². The maximum atomic E-state index is 12.0. The standard InChI is InChI=1S/C18H15Cl2N3O2S2/c19-13-1-2-15(20)12(7-13)8-14-9-22-18(27-14)23-16(24)3-5-21-17(25)11-4-6-26-10-11/h1-2,4,6-7,9-10H,3,5,8H2,(H,21,25)(H,22,23,24). The van der Waals surface area contributed by atoms with Gasteiger partial charge in [-0.2, -0.15) is 11.3 Å². The number of hydrogen-bond acceptors (Lipinski definition) is 5. The Morgan fingerprint density at radius 1 is 1.19 bits per heavy atom. The van der Waals surface area contributed by atoms with E-state index in [-0.39, 0.29) is 24.8 Å². The summed E-state index contributed by atoms with van der Waals surface area (Å²) in [5.41, 5.74) is 1.51. The van der Waals surface area contributed by atoms with E-state index in [1.54, 1.807) is 29.8 Å². The van der Waals surface area contributed by atoms with Gasteiger partial charge in [-0.05, 0) is 35.2 Å². The first kappa shape index (κ1) is 19.8. The maximum absolute atomic E-state index is 12.0. The number of halogens is 2. The van der Waals surface area contributed by atoms with E-state index in [0.29, 0.717) is 27.2 Å². The zero-order chi connectivity index (χ0) is 19.2. The lowest BCUT2D eigenvalue weighted by atomic mass is 10.1. The number of carbonyl (C=O) groups excluding carboxylic acids is 2. The van der Waals surface area contributed by atoms with Gasteiger partial charge in [-0.15, -0.1) is 11.3 Å². The van der Waals surface area contributed by atoms with Crippen LogP contribution in [-0.4, -0.2) is 23.3 Å². The number of hydrogen-bond donors (Lipinski definition) is 2. The fraction of sp³-hybridized carbons (Fsp3) is 0.167. The first-order valence-electron chi connectivity index (χ1n) is 8.00. The number of aromatic nitrogens is 1. The Hall–Kier alpha value is -1.93. The normalized spacial score (nSPS) is 10.6. The van der Waals surface area contributed by atoms with Crippen molar-refractivity contribution in [2.45, 2.75) is 12.8 Å². The molecule has 0 aliphatic rings. The van der Waals surface area contributed by atoms with Crippen LogP contribution < -0.4 is 10.6 Å². The highest BCUT2D eigenvalue weighted by atomic mass is 35.5. The zero-order valence-corrected chi connectivity index (χ0v) is 17.1. The Labute approximate surface area is 174 Å². The molecule has 3 rings (SSSR count). The van der Waals surface area contributed by atoms with Crippen LogP contribution in [0.1, 0.15) is 27.2 Å². The second-order valence-electron chi connectivity index (χ2n) is 5.61. The van der Waals surface area contributed by atoms with Crippen LogP contribution in [0.5, 0.6) is 0 Å². The molecular formula is C18H15Cl2N3O2S2. The number of rotatable bonds is 7. The third kappa shape index (κ3) is 5.77. The Balaban J connectivity index is 1.47. The van der Waals surface area contributed by atoms with Gasteiger partial charge < -0.3 is 10.6 Å². The van der Waals surface area contributed by atoms with Gasteiger partial charge in [0.1, 0.15) is 0 Å². The Morgan fingerprint density at radius 3 is 2.81 bits per heavy atom. The molecule has 2 heterocycles. The monoisotopic (exact) mass is 439 g/mol. The van der Waals surface area contributed by atoms with E-state index in [2.05, 4.69) is 15.6 Å². The van der Waals surface area contributed by atoms with Gasteiger partial charge in [-0.3, -0.25) is 9.59 Å². The van der Waals surface area contributed by atoms with Crippen LogP contribution in [-0.2, 0) is 11.2 Å². The SMILES string of the molecule is O=C(CCNC(=O)c1ccsc1)Nc1ncc(Cc2cc(Cl)ccc2Cl)s1. The van der Waals surface area contributed by atoms with Crippen molar-refractivity contribution in [2.75, 3.05) is 11.9 Å². The van der Waals surface area contributed by atoms with Crippen molar-refractivity contribution in [1.82, 2.24) is 10.3 Å². The lowest BCUT2D eigenvalue weighted by Gasteiger charge is -2.04. The highest BCUT2D eigenvalue weighted by Gasteiger charge is 2.10. The molecule has 2 N–H and O–H groups in total. The number of anilines is 1. The molecule has 0 spiro atoms. The highest BCUT2D eigenvalue weighted by Crippen LogP contribution is 2.27. The second kappa shape index (κ2) is 9.32. The molecule has 0 saturated carbocycles. The summed E-state index contributed by atoms with van der Waals surface area (Å²) in [6.45, 7) is 0.261. The summed E-state index contributed by atoms with van der Waals surface area (Å²) in [6, 6.07) is 7.05. The quantitative estimate of drug-likeness (QED) is 0.551. The van der Waals surface area contributed by atoms with Crippen molar-refractivity contribution in [3.63, 3.8) is 0 Å². The topological polar surface area (TPSA) is 71.1 Å². The number of nitrogens with zero attached hydrogens (tertiary/aromatic N) is 1. The number of carbonyl (C=O) groups is 2. The average molecular weight is 440 g/mol. The highest BCUT2D eigenvalue weighted by molar-refractivity contribution is 7.15. The van der Waals surface area contributed by atoms with Crippen LogP contribution in [0, 0.1) is 0 Å². The van der Waals surface area contributed by atoms with Gasteiger partial charge in [0, 0.05) is 51.4 Å². The maximum Gasteiger partial charge on any atom is 0.252 e. The molecule has 3 aromatic rings. The van der Waals surface area contributed by atoms with Gasteiger partial charge >= 0.3 is 0 Å². The van der Waals surface area contributed by atoms with Crippen LogP contribution in [0.25, 0.3) is 0 Å². The minimum absolute atomic E-state index is 0.172. The van der Waals surface area contributed by atoms with Crippen molar-refractivity contribution in [2.24, 2.45) is 0 Å². The smallest absolute Gasteiger partial charge is 0.252 e. The molecule has 1 aromatic carbocycles. The molecule has 0 unspecified atom stereocenters. The van der Waals surface area contributed by atoms with Crippen molar-refractivity contribution < 1.29 is 9.59 Å². The fourth-order valence-electron chi connectivity index (χ4n) is 2.28. The molecule has 2 aromatic heterocycles. The Kier molecular flexibility index (Phi) is 6.84. The largest absolute Gasteiger partial charge is 0.351 e. The molecule has 9 heteroatoms. The summed E-state index contributed by atoms with van der Waals surface area (Å²) in [4.78, 5) is 29.0. The molecule has 0 saturated heterocycles. The Bertz CT molecular complexity index is 942. The molecule has 0 aliphatic heterocycles. The molecule has 0 bridgehead atoms. The zero-order valence-electron chi connectivity index (χ0n) is 14.0. The van der Waals surface area contributed by atoms with Crippen molar-refractivity contribution >= 4 is 62.8 Å². The van der Waals surface area contributed by atoms with Gasteiger partial charge in [-0.25, -0.2) is 4.98 Å². The van der Waals surface area contributed by atoms with Gasteiger partial charge in [0.05, 0.1) is 0 Å². The second-order valence-corrected chi connectivity index (χ2v) is 8.35. The fourth-order valence-corrected chi connectivity index (χ4v) is 4.15. The molecule has 0 fully saturated rings. The molecule has 5 nitrogen and oxygen atoms in total. The molecule has 27 heavy (non-hydrogen) atoms. The molecule has 2 amide bonds. The Morgan fingerprint density at radius 2 is 2.04 bits per heavy atom. The predicted molar refractivity (Wildman–Crippen MR) is 111 cm³/mol. The summed E-state index contributed by atoms with van der Waals surface area (Å²) in [5.74, 6) is -0.388. The molecule has 140 valence electrons. The summed E-state index contributed by atoms with van der Waals surface area (Å²) >= 11 is 15.0. The van der Waals surface area contributed by atoms with E-state index in [1.165, 1.54) is 22.7 Å². The average Bonchev–Trinajstić information content (AvgIpc) is 3.30. The number of thiophene rings is 1. The summed E-state index contributed by atoms with van der Waals surface area (Å²) in [6.07, 6.45) is 2.46. The summed E-state index contributed by atoms with van der Waals surface area (Å²) in [5, 5.41) is 10.8. The van der Waals surface area contributed by atoms with Gasteiger partial charge in [0.2, 0.25) is 5.91 Å². The van der Waals surface area contributed by atoms with Crippen molar-refractivity contribution in [3.05, 3.63) is 67.3 Å². The third-order valence-electron chi connectivity index (χ3n) is 3.59. The van der Waals surface area contributed by atoms with Crippen LogP contribution in [0.3, 0.4) is 0 Å². The van der Waals surface area contributed by atoms with Crippen molar-refractivity contribution in [1.29, 1.82) is 0 Å². The summed E-state index contributed by atoms with van der Waals surface area (Å²) in [7, 11) is 0. The third-order valence-corrected chi connectivity index (χ3v) is 5.79. The van der Waals surface area contributed by atoms with Crippen LogP contribution in [0.2, 0.25) is 10.0 Å². The molecule has 0 radical (unpaired) electrons. The minimum atomic E-state index is -0.206. The molecular weight excluding hydrogens is 425 g/mol. The van der Waals surface area contributed by atoms with Crippen LogP contribution in [0.15, 0.2) is 41.2 Å². The first-order chi connectivity index (χ1) is 13.0. The lowest BCUT2D eigenvalue weighted by Crippen LogP contribution is -2.27. The molecule has 0 aliphatic carbocycles. The minimum Gasteiger partial charge on any atom is -0.351 e. The molecule has 0 atom stereocenters. The van der Waals surface area contributed by atoms with Crippen LogP contribution >= 0.6 is 45.9 Å². The number of nitrogens with one attached hydrogen (secondary N) is 2. The van der Waals surface area contributed by atoms with Gasteiger partial charge in [0.25, 0.3) is 5.91 Å². The number of amides is 2. The number of benzene rings is 1. The van der Waals surface area contributed by atoms with E-state index in [4.69, 9.17) is 23.2 Å². The van der Waals surface area contributed by atoms with Crippen LogP contribution in [0.4, 0.5) is 5.13 Å². The first-order valence-corrected chi connectivity index (χ1v) is 10.5. The summed E-state index contributed by atoms with van der Waals surface area (Å²) < 4.78 is 0. The lowest BCUT2D eigenvalue weighted by molar-refractivity contribution is -0.116. The van der Waals surface area contributed by atoms with Gasteiger partial charge in [-0.1, -0.05) is 23.2 Å². The van der Waals surface area contributed by atoms with E-state index in [0.717, 1.165) is 10.4 Å². The predicted octanol–water partition coefficient (Wildman–Crippen LogP) is 4.86. The van der Waals surface area contributed by atoms with E-state index in [9.17, 15) is 9.59 Å². The van der Waals surface area contributed by atoms with Crippen molar-refractivity contribution in [3.8, 4) is 0 Å². The van der Waals surface area contributed by atoms with E-state index >= 15 is 0 Å². The van der Waals surface area contributed by atoms with E-state index in [1.807, 2.05) is 11.4 Å². The van der Waals surface area contributed by atoms with E-state index < -0.39 is 0 Å².